The molecule has 7 heteroatoms. The highest BCUT2D eigenvalue weighted by Crippen LogP contribution is 2.40. The standard InChI is InChI=1S/C24H29ClFNO4/c1-15(2)13-20(22(28)30-5)27-23(29)31-21(16-9-11-19(26)12-10-16)24(3,4)17-7-6-8-18(25)14-17/h6-12,14-15,20-21H,13H2,1-5H3,(H,27,29)/t20-,21?/m0/s1. The number of nitrogens with one attached hydrogen (secondary N) is 1. The number of halogens is 2. The lowest BCUT2D eigenvalue weighted by molar-refractivity contribution is -0.143. The van der Waals surface area contributed by atoms with Crippen molar-refractivity contribution in [2.75, 3.05) is 7.11 Å². The summed E-state index contributed by atoms with van der Waals surface area (Å²) in [6, 6.07) is 12.2. The zero-order valence-electron chi connectivity index (χ0n) is 18.4. The van der Waals surface area contributed by atoms with Crippen molar-refractivity contribution < 1.29 is 23.5 Å². The minimum absolute atomic E-state index is 0.153. The molecular weight excluding hydrogens is 421 g/mol. The number of alkyl carbamates (subject to hydrolysis) is 1. The van der Waals surface area contributed by atoms with Crippen LogP contribution in [0.5, 0.6) is 0 Å². The molecule has 0 radical (unpaired) electrons. The molecule has 0 aliphatic heterocycles. The number of benzene rings is 2. The van der Waals surface area contributed by atoms with E-state index in [1.54, 1.807) is 24.3 Å². The molecule has 0 bridgehead atoms. The van der Waals surface area contributed by atoms with Gasteiger partial charge in [-0.25, -0.2) is 14.0 Å². The molecule has 168 valence electrons. The van der Waals surface area contributed by atoms with Crippen molar-refractivity contribution in [3.63, 3.8) is 0 Å². The second kappa shape index (κ2) is 10.6. The van der Waals surface area contributed by atoms with Gasteiger partial charge >= 0.3 is 12.1 Å². The Kier molecular flexibility index (Phi) is 8.45. The molecule has 0 heterocycles. The Morgan fingerprint density at radius 2 is 1.77 bits per heavy atom. The number of amides is 1. The predicted octanol–water partition coefficient (Wildman–Crippen LogP) is 5.81. The Labute approximate surface area is 187 Å². The van der Waals surface area contributed by atoms with Crippen LogP contribution in [-0.2, 0) is 19.7 Å². The zero-order valence-corrected chi connectivity index (χ0v) is 19.2. The Morgan fingerprint density at radius 3 is 2.32 bits per heavy atom. The van der Waals surface area contributed by atoms with E-state index in [0.29, 0.717) is 17.0 Å². The van der Waals surface area contributed by atoms with E-state index in [9.17, 15) is 14.0 Å². The van der Waals surface area contributed by atoms with Crippen LogP contribution in [0.3, 0.4) is 0 Å². The number of carbonyl (C=O) groups is 2. The normalized spacial score (nSPS) is 13.4. The monoisotopic (exact) mass is 449 g/mol. The third-order valence-electron chi connectivity index (χ3n) is 5.11. The van der Waals surface area contributed by atoms with E-state index in [0.717, 1.165) is 5.56 Å². The van der Waals surface area contributed by atoms with Crippen LogP contribution in [0.15, 0.2) is 48.5 Å². The minimum Gasteiger partial charge on any atom is -0.467 e. The van der Waals surface area contributed by atoms with Gasteiger partial charge in [0.2, 0.25) is 0 Å². The lowest BCUT2D eigenvalue weighted by Gasteiger charge is -2.35. The average Bonchev–Trinajstić information content (AvgIpc) is 2.71. The molecule has 0 saturated carbocycles. The summed E-state index contributed by atoms with van der Waals surface area (Å²) >= 11 is 6.18. The van der Waals surface area contributed by atoms with Crippen LogP contribution in [0.25, 0.3) is 0 Å². The molecule has 5 nitrogen and oxygen atoms in total. The summed E-state index contributed by atoms with van der Waals surface area (Å²) in [4.78, 5) is 24.9. The Bertz CT molecular complexity index is 899. The van der Waals surface area contributed by atoms with Crippen molar-refractivity contribution in [2.24, 2.45) is 5.92 Å². The summed E-state index contributed by atoms with van der Waals surface area (Å²) in [7, 11) is 1.27. The lowest BCUT2D eigenvalue weighted by atomic mass is 9.76. The van der Waals surface area contributed by atoms with Crippen molar-refractivity contribution in [3.05, 3.63) is 70.5 Å². The van der Waals surface area contributed by atoms with E-state index in [1.807, 2.05) is 39.8 Å². The topological polar surface area (TPSA) is 64.6 Å². The molecule has 1 N–H and O–H groups in total. The number of rotatable bonds is 8. The SMILES string of the molecule is COC(=O)[C@H](CC(C)C)NC(=O)OC(c1ccc(F)cc1)C(C)(C)c1cccc(Cl)c1. The average molecular weight is 450 g/mol. The quantitative estimate of drug-likeness (QED) is 0.516. The number of carbonyl (C=O) groups excluding carboxylic acids is 2. The molecule has 1 amide bonds. The Morgan fingerprint density at radius 1 is 1.13 bits per heavy atom. The van der Waals surface area contributed by atoms with E-state index in [2.05, 4.69) is 5.32 Å². The first-order valence-electron chi connectivity index (χ1n) is 10.1. The van der Waals surface area contributed by atoms with Gasteiger partial charge in [0.25, 0.3) is 0 Å². The molecule has 0 aliphatic carbocycles. The molecule has 2 rings (SSSR count). The summed E-state index contributed by atoms with van der Waals surface area (Å²) < 4.78 is 24.1. The Balaban J connectivity index is 2.35. The molecule has 0 spiro atoms. The third kappa shape index (κ3) is 6.69. The third-order valence-corrected chi connectivity index (χ3v) is 5.34. The number of hydrogen-bond donors (Lipinski definition) is 1. The first-order chi connectivity index (χ1) is 14.5. The number of esters is 1. The first kappa shape index (κ1) is 24.7. The van der Waals surface area contributed by atoms with Crippen molar-refractivity contribution in [1.82, 2.24) is 5.32 Å². The van der Waals surface area contributed by atoms with Crippen LogP contribution in [-0.4, -0.2) is 25.2 Å². The van der Waals surface area contributed by atoms with Gasteiger partial charge in [-0.1, -0.05) is 63.6 Å². The summed E-state index contributed by atoms with van der Waals surface area (Å²) in [6.45, 7) is 7.69. The van der Waals surface area contributed by atoms with Crippen LogP contribution in [0.4, 0.5) is 9.18 Å². The maximum atomic E-state index is 13.5. The van der Waals surface area contributed by atoms with Crippen LogP contribution >= 0.6 is 11.6 Å². The van der Waals surface area contributed by atoms with E-state index in [4.69, 9.17) is 21.1 Å². The second-order valence-corrected chi connectivity index (χ2v) is 8.86. The van der Waals surface area contributed by atoms with Gasteiger partial charge < -0.3 is 14.8 Å². The Hall–Kier alpha value is -2.60. The molecule has 2 aromatic rings. The number of ether oxygens (including phenoxy) is 2. The largest absolute Gasteiger partial charge is 0.467 e. The van der Waals surface area contributed by atoms with Gasteiger partial charge in [0.15, 0.2) is 0 Å². The molecule has 31 heavy (non-hydrogen) atoms. The molecular formula is C24H29ClFNO4. The highest BCUT2D eigenvalue weighted by atomic mass is 35.5. The van der Waals surface area contributed by atoms with Gasteiger partial charge in [0, 0.05) is 10.4 Å². The number of hydrogen-bond acceptors (Lipinski definition) is 4. The van der Waals surface area contributed by atoms with Gasteiger partial charge in [-0.3, -0.25) is 0 Å². The zero-order chi connectivity index (χ0) is 23.2. The van der Waals surface area contributed by atoms with Crippen molar-refractivity contribution >= 4 is 23.7 Å². The fourth-order valence-electron chi connectivity index (χ4n) is 3.42. The molecule has 2 aromatic carbocycles. The maximum absolute atomic E-state index is 13.5. The van der Waals surface area contributed by atoms with Crippen LogP contribution in [0, 0.1) is 11.7 Å². The molecule has 0 fully saturated rings. The lowest BCUT2D eigenvalue weighted by Crippen LogP contribution is -2.44. The highest BCUT2D eigenvalue weighted by Gasteiger charge is 2.37. The fraction of sp³-hybridized carbons (Fsp3) is 0.417. The second-order valence-electron chi connectivity index (χ2n) is 8.42. The van der Waals surface area contributed by atoms with E-state index >= 15 is 0 Å². The van der Waals surface area contributed by atoms with Gasteiger partial charge in [-0.05, 0) is 47.7 Å². The van der Waals surface area contributed by atoms with E-state index in [-0.39, 0.29) is 5.92 Å². The molecule has 0 aromatic heterocycles. The molecule has 2 atom stereocenters. The minimum atomic E-state index is -0.833. The first-order valence-corrected chi connectivity index (χ1v) is 10.5. The summed E-state index contributed by atoms with van der Waals surface area (Å²) in [5, 5.41) is 3.16. The van der Waals surface area contributed by atoms with Crippen molar-refractivity contribution in [2.45, 2.75) is 51.7 Å². The van der Waals surface area contributed by atoms with E-state index in [1.165, 1.54) is 19.2 Å². The van der Waals surface area contributed by atoms with Crippen LogP contribution in [0.1, 0.15) is 51.3 Å². The van der Waals surface area contributed by atoms with Gasteiger partial charge in [-0.2, -0.15) is 0 Å². The van der Waals surface area contributed by atoms with Crippen molar-refractivity contribution in [1.29, 1.82) is 0 Å². The number of methoxy groups -OCH3 is 1. The van der Waals surface area contributed by atoms with Crippen LogP contribution in [0.2, 0.25) is 5.02 Å². The predicted molar refractivity (Wildman–Crippen MR) is 118 cm³/mol. The smallest absolute Gasteiger partial charge is 0.408 e. The fourth-order valence-corrected chi connectivity index (χ4v) is 3.61. The summed E-state index contributed by atoms with van der Waals surface area (Å²) in [5.74, 6) is -0.784. The van der Waals surface area contributed by atoms with Crippen LogP contribution < -0.4 is 5.32 Å². The summed E-state index contributed by atoms with van der Waals surface area (Å²) in [6.07, 6.45) is -1.13. The molecule has 1 unspecified atom stereocenters. The van der Waals surface area contributed by atoms with Gasteiger partial charge in [0.05, 0.1) is 7.11 Å². The summed E-state index contributed by atoms with van der Waals surface area (Å²) in [5.41, 5.74) is 0.743. The van der Waals surface area contributed by atoms with Crippen molar-refractivity contribution in [3.8, 4) is 0 Å². The maximum Gasteiger partial charge on any atom is 0.408 e. The molecule has 0 aliphatic rings. The van der Waals surface area contributed by atoms with Gasteiger partial charge in [0.1, 0.15) is 18.0 Å². The molecule has 0 saturated heterocycles. The van der Waals surface area contributed by atoms with E-state index < -0.39 is 35.4 Å². The van der Waals surface area contributed by atoms with Gasteiger partial charge in [-0.15, -0.1) is 0 Å². The highest BCUT2D eigenvalue weighted by molar-refractivity contribution is 6.30.